The van der Waals surface area contributed by atoms with Gasteiger partial charge >= 0.3 is 0 Å². The van der Waals surface area contributed by atoms with Gasteiger partial charge in [0.05, 0.1) is 12.5 Å². The Morgan fingerprint density at radius 1 is 1.18 bits per heavy atom. The van der Waals surface area contributed by atoms with Crippen molar-refractivity contribution in [1.82, 2.24) is 10.6 Å². The molecule has 0 bridgehead atoms. The van der Waals surface area contributed by atoms with Crippen LogP contribution in [0.25, 0.3) is 0 Å². The molecule has 3 amide bonds. The minimum atomic E-state index is -0.345. The summed E-state index contributed by atoms with van der Waals surface area (Å²) in [6.45, 7) is 2.44. The van der Waals surface area contributed by atoms with E-state index in [-0.39, 0.29) is 43.1 Å². The van der Waals surface area contributed by atoms with E-state index in [4.69, 9.17) is 0 Å². The highest BCUT2D eigenvalue weighted by Gasteiger charge is 2.22. The van der Waals surface area contributed by atoms with E-state index in [1.54, 1.807) is 0 Å². The zero-order valence-corrected chi connectivity index (χ0v) is 16.8. The second-order valence-corrected chi connectivity index (χ2v) is 7.83. The number of aryl methyl sites for hydroxylation is 1. The summed E-state index contributed by atoms with van der Waals surface area (Å²) in [5.74, 6) is -0.340. The molecule has 0 fully saturated rings. The summed E-state index contributed by atoms with van der Waals surface area (Å²) in [5.41, 5.74) is 2.17. The Balaban J connectivity index is 1.50. The lowest BCUT2D eigenvalue weighted by atomic mass is 10.0. The third-order valence-corrected chi connectivity index (χ3v) is 5.71. The monoisotopic (exact) mass is 399 g/mol. The molecule has 1 aliphatic rings. The van der Waals surface area contributed by atoms with Crippen LogP contribution < -0.4 is 15.5 Å². The van der Waals surface area contributed by atoms with Crippen LogP contribution in [0.4, 0.5) is 5.69 Å². The van der Waals surface area contributed by atoms with Crippen LogP contribution in [0.5, 0.6) is 0 Å². The van der Waals surface area contributed by atoms with Gasteiger partial charge < -0.3 is 15.5 Å². The molecule has 2 heterocycles. The fourth-order valence-corrected chi connectivity index (χ4v) is 4.23. The van der Waals surface area contributed by atoms with Gasteiger partial charge in [-0.2, -0.15) is 0 Å². The molecule has 1 unspecified atom stereocenters. The molecule has 6 nitrogen and oxygen atoms in total. The van der Waals surface area contributed by atoms with E-state index < -0.39 is 0 Å². The molecule has 7 heteroatoms. The number of anilines is 1. The fourth-order valence-electron chi connectivity index (χ4n) is 3.45. The molecule has 0 saturated heterocycles. The summed E-state index contributed by atoms with van der Waals surface area (Å²) < 4.78 is 0. The fraction of sp³-hybridized carbons (Fsp3) is 0.381. The van der Waals surface area contributed by atoms with Crippen LogP contribution in [0.2, 0.25) is 0 Å². The van der Waals surface area contributed by atoms with Gasteiger partial charge in [-0.15, -0.1) is 11.3 Å². The number of hydrogen-bond donors (Lipinski definition) is 2. The van der Waals surface area contributed by atoms with Gasteiger partial charge in [-0.05, 0) is 35.9 Å². The highest BCUT2D eigenvalue weighted by Crippen LogP contribution is 2.27. The minimum Gasteiger partial charge on any atom is -0.356 e. The third kappa shape index (κ3) is 5.19. The molecule has 148 valence electrons. The Morgan fingerprint density at radius 3 is 2.75 bits per heavy atom. The average Bonchev–Trinajstić information content (AvgIpc) is 3.21. The van der Waals surface area contributed by atoms with Crippen molar-refractivity contribution in [1.29, 1.82) is 0 Å². The van der Waals surface area contributed by atoms with Crippen LogP contribution in [0, 0.1) is 0 Å². The number of hydrogen-bond acceptors (Lipinski definition) is 4. The Kier molecular flexibility index (Phi) is 6.81. The van der Waals surface area contributed by atoms with Crippen molar-refractivity contribution in [3.05, 3.63) is 52.2 Å². The van der Waals surface area contributed by atoms with Gasteiger partial charge in [-0.3, -0.25) is 14.4 Å². The van der Waals surface area contributed by atoms with Crippen molar-refractivity contribution in [2.24, 2.45) is 0 Å². The Hall–Kier alpha value is -2.67. The first kappa shape index (κ1) is 20.1. The van der Waals surface area contributed by atoms with Crippen LogP contribution >= 0.6 is 11.3 Å². The van der Waals surface area contributed by atoms with E-state index >= 15 is 0 Å². The van der Waals surface area contributed by atoms with Gasteiger partial charge in [0.15, 0.2) is 0 Å². The molecule has 1 aromatic carbocycles. The van der Waals surface area contributed by atoms with Crippen molar-refractivity contribution in [2.45, 2.75) is 38.6 Å². The van der Waals surface area contributed by atoms with Crippen LogP contribution in [-0.2, 0) is 20.8 Å². The van der Waals surface area contributed by atoms with Gasteiger partial charge in [-0.1, -0.05) is 24.3 Å². The topological polar surface area (TPSA) is 78.5 Å². The number of amides is 3. The first-order valence-electron chi connectivity index (χ1n) is 9.50. The predicted octanol–water partition coefficient (Wildman–Crippen LogP) is 2.80. The number of nitrogens with zero attached hydrogens (tertiary/aromatic N) is 1. The number of fused-ring (bicyclic) bond motifs is 1. The molecular weight excluding hydrogens is 374 g/mol. The predicted molar refractivity (Wildman–Crippen MR) is 110 cm³/mol. The number of carbonyl (C=O) groups is 3. The van der Waals surface area contributed by atoms with Crippen LogP contribution in [0.3, 0.4) is 0 Å². The maximum atomic E-state index is 12.6. The maximum Gasteiger partial charge on any atom is 0.228 e. The van der Waals surface area contributed by atoms with Crippen molar-refractivity contribution >= 4 is 34.7 Å². The zero-order valence-electron chi connectivity index (χ0n) is 15.9. The van der Waals surface area contributed by atoms with E-state index in [0.717, 1.165) is 23.4 Å². The number of benzene rings is 1. The number of thiophene rings is 1. The zero-order chi connectivity index (χ0) is 19.9. The van der Waals surface area contributed by atoms with E-state index in [0.29, 0.717) is 6.54 Å². The molecule has 0 spiro atoms. The molecule has 3 rings (SSSR count). The molecule has 28 heavy (non-hydrogen) atoms. The van der Waals surface area contributed by atoms with Gasteiger partial charge in [0, 0.05) is 37.0 Å². The first-order chi connectivity index (χ1) is 13.5. The van der Waals surface area contributed by atoms with Crippen molar-refractivity contribution in [3.8, 4) is 0 Å². The quantitative estimate of drug-likeness (QED) is 0.751. The van der Waals surface area contributed by atoms with Gasteiger partial charge in [-0.25, -0.2) is 0 Å². The molecule has 0 radical (unpaired) electrons. The largest absolute Gasteiger partial charge is 0.356 e. The summed E-state index contributed by atoms with van der Waals surface area (Å²) in [6, 6.07) is 11.4. The van der Waals surface area contributed by atoms with Gasteiger partial charge in [0.25, 0.3) is 0 Å². The highest BCUT2D eigenvalue weighted by atomic mass is 32.1. The number of rotatable bonds is 7. The molecule has 1 atom stereocenters. The number of nitrogens with one attached hydrogen (secondary N) is 2. The first-order valence-corrected chi connectivity index (χ1v) is 10.4. The van der Waals surface area contributed by atoms with Crippen LogP contribution in [0.1, 0.15) is 42.7 Å². The summed E-state index contributed by atoms with van der Waals surface area (Å²) in [7, 11) is 0. The minimum absolute atomic E-state index is 0.0177. The van der Waals surface area contributed by atoms with E-state index in [1.165, 1.54) is 23.8 Å². The second kappa shape index (κ2) is 9.50. The van der Waals surface area contributed by atoms with Crippen molar-refractivity contribution in [3.63, 3.8) is 0 Å². The lowest BCUT2D eigenvalue weighted by Gasteiger charge is -2.29. The molecule has 0 saturated carbocycles. The summed E-state index contributed by atoms with van der Waals surface area (Å²) in [6.07, 6.45) is 2.35. The normalized spacial score (nSPS) is 14.1. The standard InChI is InChI=1S/C21H25N3O3S/c1-15(25)23-17(19-9-5-13-28-19)14-20(26)22-11-10-21(27)24-12-4-7-16-6-2-3-8-18(16)24/h2-3,5-6,8-9,13,17H,4,7,10-12,14H2,1H3,(H,22,26)(H,23,25). The van der Waals surface area contributed by atoms with Gasteiger partial charge in [0.1, 0.15) is 0 Å². The highest BCUT2D eigenvalue weighted by molar-refractivity contribution is 7.10. The lowest BCUT2D eigenvalue weighted by Crippen LogP contribution is -2.38. The Labute approximate surface area is 168 Å². The summed E-state index contributed by atoms with van der Waals surface area (Å²) >= 11 is 1.50. The van der Waals surface area contributed by atoms with Gasteiger partial charge in [0.2, 0.25) is 17.7 Å². The van der Waals surface area contributed by atoms with Crippen LogP contribution in [0.15, 0.2) is 41.8 Å². The molecule has 0 aliphatic carbocycles. The van der Waals surface area contributed by atoms with Crippen molar-refractivity contribution in [2.75, 3.05) is 18.0 Å². The SMILES string of the molecule is CC(=O)NC(CC(=O)NCCC(=O)N1CCCc2ccccc21)c1cccs1. The molecular formula is C21H25N3O3S. The van der Waals surface area contributed by atoms with E-state index in [1.807, 2.05) is 40.6 Å². The number of para-hydroxylation sites is 1. The Bertz CT molecular complexity index is 835. The summed E-state index contributed by atoms with van der Waals surface area (Å²) in [5, 5.41) is 7.53. The van der Waals surface area contributed by atoms with Crippen LogP contribution in [-0.4, -0.2) is 30.8 Å². The van der Waals surface area contributed by atoms with E-state index in [2.05, 4.69) is 16.7 Å². The smallest absolute Gasteiger partial charge is 0.228 e. The average molecular weight is 400 g/mol. The summed E-state index contributed by atoms with van der Waals surface area (Å²) in [4.78, 5) is 39.1. The Morgan fingerprint density at radius 2 is 2.00 bits per heavy atom. The molecule has 1 aliphatic heterocycles. The van der Waals surface area contributed by atoms with Crippen molar-refractivity contribution < 1.29 is 14.4 Å². The molecule has 2 N–H and O–H groups in total. The second-order valence-electron chi connectivity index (χ2n) is 6.85. The maximum absolute atomic E-state index is 12.6. The molecule has 2 aromatic rings. The molecule has 1 aromatic heterocycles. The van der Waals surface area contributed by atoms with E-state index in [9.17, 15) is 14.4 Å². The number of carbonyl (C=O) groups excluding carboxylic acids is 3. The third-order valence-electron chi connectivity index (χ3n) is 4.73. The lowest BCUT2D eigenvalue weighted by molar-refractivity contribution is -0.122.